The molecule has 0 saturated heterocycles. The van der Waals surface area contributed by atoms with Gasteiger partial charge >= 0.3 is 7.60 Å². The molecule has 1 atom stereocenters. The first kappa shape index (κ1) is 18.1. The quantitative estimate of drug-likeness (QED) is 0.615. The van der Waals surface area contributed by atoms with Gasteiger partial charge in [-0.05, 0) is 12.1 Å². The van der Waals surface area contributed by atoms with Gasteiger partial charge in [0.25, 0.3) is 5.91 Å². The first-order valence-corrected chi connectivity index (χ1v) is 8.79. The monoisotopic (exact) mass is 347 g/mol. The Kier molecular flexibility index (Phi) is 6.04. The molecular weight excluding hydrogens is 329 g/mol. The van der Waals surface area contributed by atoms with Crippen LogP contribution in [-0.2, 0) is 13.6 Å². The molecule has 1 amide bonds. The molecule has 126 valence electrons. The van der Waals surface area contributed by atoms with Gasteiger partial charge in [0.05, 0.1) is 0 Å². The summed E-state index contributed by atoms with van der Waals surface area (Å²) in [5.74, 6) is -2.53. The zero-order valence-corrected chi connectivity index (χ0v) is 14.2. The minimum atomic E-state index is -3.87. The second kappa shape index (κ2) is 8.02. The number of amides is 1. The van der Waals surface area contributed by atoms with Gasteiger partial charge in [-0.1, -0.05) is 48.5 Å². The van der Waals surface area contributed by atoms with E-state index in [4.69, 9.17) is 9.05 Å². The van der Waals surface area contributed by atoms with Gasteiger partial charge in [-0.3, -0.25) is 14.2 Å². The van der Waals surface area contributed by atoms with Crippen molar-refractivity contribution in [1.82, 2.24) is 5.32 Å². The van der Waals surface area contributed by atoms with Crippen molar-refractivity contribution in [3.05, 3.63) is 71.8 Å². The highest BCUT2D eigenvalue weighted by atomic mass is 31.2. The van der Waals surface area contributed by atoms with Crippen molar-refractivity contribution >= 4 is 19.3 Å². The van der Waals surface area contributed by atoms with E-state index in [-0.39, 0.29) is 0 Å². The molecule has 24 heavy (non-hydrogen) atoms. The summed E-state index contributed by atoms with van der Waals surface area (Å²) in [6.07, 6.45) is 0. The number of benzene rings is 2. The molecule has 0 heterocycles. The lowest BCUT2D eigenvalue weighted by Crippen LogP contribution is -2.41. The Balaban J connectivity index is 2.35. The molecule has 0 bridgehead atoms. The van der Waals surface area contributed by atoms with E-state index in [0.29, 0.717) is 11.1 Å². The van der Waals surface area contributed by atoms with E-state index in [2.05, 4.69) is 5.32 Å². The minimum absolute atomic E-state index is 0.296. The Morgan fingerprint density at radius 3 is 1.79 bits per heavy atom. The summed E-state index contributed by atoms with van der Waals surface area (Å²) in [6.45, 7) is 0. The van der Waals surface area contributed by atoms with Crippen molar-refractivity contribution in [2.45, 2.75) is 5.78 Å². The van der Waals surface area contributed by atoms with Crippen LogP contribution >= 0.6 is 7.60 Å². The predicted octanol–water partition coefficient (Wildman–Crippen LogP) is 3.11. The van der Waals surface area contributed by atoms with Crippen molar-refractivity contribution < 1.29 is 23.2 Å². The summed E-state index contributed by atoms with van der Waals surface area (Å²) < 4.78 is 22.6. The number of nitrogens with one attached hydrogen (secondary N) is 1. The number of carbonyl (C=O) groups excluding carboxylic acids is 2. The Labute approximate surface area is 140 Å². The molecule has 0 radical (unpaired) electrons. The normalized spacial score (nSPS) is 12.4. The maximum absolute atomic E-state index is 12.8. The average Bonchev–Trinajstić information content (AvgIpc) is 2.66. The molecule has 0 fully saturated rings. The third-order valence-electron chi connectivity index (χ3n) is 3.44. The average molecular weight is 347 g/mol. The van der Waals surface area contributed by atoms with E-state index in [1.807, 2.05) is 0 Å². The number of hydrogen-bond acceptors (Lipinski definition) is 5. The van der Waals surface area contributed by atoms with Crippen molar-refractivity contribution in [2.75, 3.05) is 14.2 Å². The Morgan fingerprint density at radius 2 is 1.33 bits per heavy atom. The molecule has 0 aliphatic carbocycles. The summed E-state index contributed by atoms with van der Waals surface area (Å²) in [7, 11) is -1.53. The molecule has 2 aromatic carbocycles. The van der Waals surface area contributed by atoms with Gasteiger partial charge in [0.2, 0.25) is 0 Å². The van der Waals surface area contributed by atoms with Crippen molar-refractivity contribution in [2.24, 2.45) is 0 Å². The Hall–Kier alpha value is -2.27. The second-order valence-electron chi connectivity index (χ2n) is 4.88. The van der Waals surface area contributed by atoms with E-state index < -0.39 is 25.1 Å². The van der Waals surface area contributed by atoms with E-state index in [1.54, 1.807) is 60.7 Å². The highest BCUT2D eigenvalue weighted by Gasteiger charge is 2.41. The van der Waals surface area contributed by atoms with Gasteiger partial charge in [-0.2, -0.15) is 0 Å². The van der Waals surface area contributed by atoms with Crippen LogP contribution in [0.15, 0.2) is 60.7 Å². The summed E-state index contributed by atoms with van der Waals surface area (Å²) in [5, 5.41) is 2.47. The van der Waals surface area contributed by atoms with E-state index in [0.717, 1.165) is 0 Å². The molecule has 2 rings (SSSR count). The van der Waals surface area contributed by atoms with E-state index in [1.165, 1.54) is 14.2 Å². The summed E-state index contributed by atoms with van der Waals surface area (Å²) in [6, 6.07) is 16.6. The highest BCUT2D eigenvalue weighted by Crippen LogP contribution is 2.51. The molecule has 7 heteroatoms. The Bertz CT molecular complexity index is 740. The van der Waals surface area contributed by atoms with Crippen LogP contribution in [0.4, 0.5) is 0 Å². The fourth-order valence-electron chi connectivity index (χ4n) is 2.13. The molecule has 6 nitrogen and oxygen atoms in total. The van der Waals surface area contributed by atoms with Gasteiger partial charge in [-0.15, -0.1) is 0 Å². The fourth-order valence-corrected chi connectivity index (χ4v) is 3.41. The molecule has 0 aliphatic heterocycles. The predicted molar refractivity (Wildman–Crippen MR) is 90.1 cm³/mol. The topological polar surface area (TPSA) is 81.7 Å². The summed E-state index contributed by atoms with van der Waals surface area (Å²) >= 11 is 0. The number of hydrogen-bond donors (Lipinski definition) is 1. The van der Waals surface area contributed by atoms with Gasteiger partial charge in [0.15, 0.2) is 11.6 Å². The first-order valence-electron chi connectivity index (χ1n) is 7.18. The molecule has 2 aromatic rings. The highest BCUT2D eigenvalue weighted by molar-refractivity contribution is 7.55. The SMILES string of the molecule is COP(=O)(OC)[C@H](NC(=O)c1ccccc1)C(=O)c1ccccc1. The second-order valence-corrected chi connectivity index (χ2v) is 7.20. The summed E-state index contributed by atoms with van der Waals surface area (Å²) in [4.78, 5) is 25.1. The van der Waals surface area contributed by atoms with E-state index in [9.17, 15) is 14.2 Å². The lowest BCUT2D eigenvalue weighted by atomic mass is 10.1. The van der Waals surface area contributed by atoms with Crippen LogP contribution in [0.25, 0.3) is 0 Å². The summed E-state index contributed by atoms with van der Waals surface area (Å²) in [5.41, 5.74) is 0.632. The van der Waals surface area contributed by atoms with Crippen molar-refractivity contribution in [3.8, 4) is 0 Å². The van der Waals surface area contributed by atoms with E-state index >= 15 is 0 Å². The molecule has 1 N–H and O–H groups in total. The third kappa shape index (κ3) is 3.97. The number of carbonyl (C=O) groups is 2. The van der Waals surface area contributed by atoms with Crippen LogP contribution < -0.4 is 5.32 Å². The zero-order valence-electron chi connectivity index (χ0n) is 13.3. The first-order chi connectivity index (χ1) is 11.5. The number of rotatable bonds is 7. The fraction of sp³-hybridized carbons (Fsp3) is 0.176. The molecule has 0 aliphatic rings. The molecule has 0 spiro atoms. The molecular formula is C17H18NO5P. The molecule has 0 aromatic heterocycles. The van der Waals surface area contributed by atoms with Crippen LogP contribution in [-0.4, -0.2) is 31.7 Å². The van der Waals surface area contributed by atoms with Crippen molar-refractivity contribution in [1.29, 1.82) is 0 Å². The maximum atomic E-state index is 12.8. The standard InChI is InChI=1S/C17H18NO5P/c1-22-24(21,23-2)17(15(19)13-9-5-3-6-10-13)18-16(20)14-11-7-4-8-12-14/h3-12,17H,1-2H3,(H,18,20)/t17-/m0/s1. The van der Waals surface area contributed by atoms with Crippen LogP contribution in [0.3, 0.4) is 0 Å². The van der Waals surface area contributed by atoms with Gasteiger partial charge in [-0.25, -0.2) is 0 Å². The van der Waals surface area contributed by atoms with Gasteiger partial charge < -0.3 is 14.4 Å². The smallest absolute Gasteiger partial charge is 0.332 e. The van der Waals surface area contributed by atoms with Crippen LogP contribution in [0, 0.1) is 0 Å². The number of Topliss-reactive ketones (excluding diaryl/α,β-unsaturated/α-hetero) is 1. The zero-order chi connectivity index (χ0) is 17.6. The maximum Gasteiger partial charge on any atom is 0.360 e. The number of ketones is 1. The van der Waals surface area contributed by atoms with Crippen molar-refractivity contribution in [3.63, 3.8) is 0 Å². The minimum Gasteiger partial charge on any atom is -0.332 e. The lowest BCUT2D eigenvalue weighted by molar-refractivity contribution is 0.0872. The van der Waals surface area contributed by atoms with Crippen LogP contribution in [0.2, 0.25) is 0 Å². The molecule has 0 saturated carbocycles. The molecule has 0 unspecified atom stereocenters. The van der Waals surface area contributed by atoms with Gasteiger partial charge in [0.1, 0.15) is 0 Å². The van der Waals surface area contributed by atoms with Crippen LogP contribution in [0.1, 0.15) is 20.7 Å². The largest absolute Gasteiger partial charge is 0.360 e. The Morgan fingerprint density at radius 1 is 0.875 bits per heavy atom. The van der Waals surface area contributed by atoms with Crippen LogP contribution in [0.5, 0.6) is 0 Å². The van der Waals surface area contributed by atoms with Gasteiger partial charge in [0, 0.05) is 25.3 Å². The third-order valence-corrected chi connectivity index (χ3v) is 5.45. The lowest BCUT2D eigenvalue weighted by Gasteiger charge is -2.24.